The molecule has 3 aromatic rings. The maximum Gasteiger partial charge on any atom is 0.256 e. The van der Waals surface area contributed by atoms with Gasteiger partial charge < -0.3 is 19.9 Å². The maximum atomic E-state index is 13.5. The predicted molar refractivity (Wildman–Crippen MR) is 137 cm³/mol. The zero-order valence-corrected chi connectivity index (χ0v) is 20.4. The van der Waals surface area contributed by atoms with Crippen molar-refractivity contribution >= 4 is 23.4 Å². The lowest BCUT2D eigenvalue weighted by Crippen LogP contribution is -2.44. The van der Waals surface area contributed by atoms with Gasteiger partial charge in [0.25, 0.3) is 11.8 Å². The number of fused-ring (bicyclic) bond motifs is 2. The summed E-state index contributed by atoms with van der Waals surface area (Å²) in [4.78, 5) is 42.9. The highest BCUT2D eigenvalue weighted by atomic mass is 16.5. The van der Waals surface area contributed by atoms with Crippen LogP contribution in [0, 0.1) is 0 Å². The normalized spacial score (nSPS) is 17.8. The van der Waals surface area contributed by atoms with Crippen molar-refractivity contribution in [1.82, 2.24) is 10.2 Å². The van der Waals surface area contributed by atoms with E-state index in [1.54, 1.807) is 35.1 Å². The summed E-state index contributed by atoms with van der Waals surface area (Å²) in [5.74, 6) is 0.422. The number of para-hydroxylation sites is 1. The number of carbonyl (C=O) groups is 3. The summed E-state index contributed by atoms with van der Waals surface area (Å²) in [5, 5.41) is 3.02. The van der Waals surface area contributed by atoms with Crippen molar-refractivity contribution in [3.63, 3.8) is 0 Å². The Morgan fingerprint density at radius 2 is 1.83 bits per heavy atom. The summed E-state index contributed by atoms with van der Waals surface area (Å²) in [6.45, 7) is 2.86. The number of benzene rings is 3. The molecule has 0 spiro atoms. The van der Waals surface area contributed by atoms with Crippen molar-refractivity contribution in [3.05, 3.63) is 95.1 Å². The van der Waals surface area contributed by atoms with Crippen LogP contribution in [0.5, 0.6) is 5.75 Å². The molecule has 0 aromatic heterocycles. The highest BCUT2D eigenvalue weighted by molar-refractivity contribution is 6.11. The van der Waals surface area contributed by atoms with Crippen LogP contribution in [0.25, 0.3) is 0 Å². The van der Waals surface area contributed by atoms with Gasteiger partial charge in [-0.25, -0.2) is 0 Å². The minimum atomic E-state index is -0.423. The van der Waals surface area contributed by atoms with Gasteiger partial charge in [0.05, 0.1) is 30.9 Å². The first-order valence-electron chi connectivity index (χ1n) is 12.2. The van der Waals surface area contributed by atoms with E-state index in [1.807, 2.05) is 61.5 Å². The van der Waals surface area contributed by atoms with E-state index in [4.69, 9.17) is 4.74 Å². The Balaban J connectivity index is 1.33. The molecule has 1 N–H and O–H groups in total. The van der Waals surface area contributed by atoms with Crippen molar-refractivity contribution in [1.29, 1.82) is 0 Å². The molecular weight excluding hydrogens is 454 g/mol. The van der Waals surface area contributed by atoms with Gasteiger partial charge in [-0.15, -0.1) is 0 Å². The minimum absolute atomic E-state index is 0.0558. The first-order valence-corrected chi connectivity index (χ1v) is 12.2. The number of amides is 3. The topological polar surface area (TPSA) is 79.0 Å². The Kier molecular flexibility index (Phi) is 6.46. The van der Waals surface area contributed by atoms with Gasteiger partial charge in [0.15, 0.2) is 0 Å². The number of nitrogens with one attached hydrogen (secondary N) is 1. The van der Waals surface area contributed by atoms with E-state index in [1.165, 1.54) is 0 Å². The van der Waals surface area contributed by atoms with Crippen LogP contribution in [0.4, 0.5) is 5.69 Å². The molecule has 184 valence electrons. The molecule has 0 unspecified atom stereocenters. The average Bonchev–Trinajstić information content (AvgIpc) is 3.39. The van der Waals surface area contributed by atoms with Crippen LogP contribution in [-0.2, 0) is 11.3 Å². The van der Waals surface area contributed by atoms with Crippen molar-refractivity contribution in [3.8, 4) is 5.75 Å². The third-order valence-electron chi connectivity index (χ3n) is 6.99. The standard InChI is InChI=1S/C29H29N3O4/c1-19(22-7-5-8-23(17-22)36-2)30-27(33)21-14-12-20(13-15-21)18-32-25-10-4-3-9-24(25)28(34)31-16-6-11-26(31)29(32)35/h3-5,7-10,12-15,17,19,26H,6,11,16,18H2,1-2H3,(H,30,33)/t19-,26+/m0/s1. The number of carbonyl (C=O) groups excluding carboxylic acids is 3. The zero-order chi connectivity index (χ0) is 25.2. The van der Waals surface area contributed by atoms with Crippen LogP contribution >= 0.6 is 0 Å². The van der Waals surface area contributed by atoms with Crippen molar-refractivity contribution in [2.75, 3.05) is 18.6 Å². The molecule has 3 amide bonds. The number of ether oxygens (including phenoxy) is 1. The molecule has 0 saturated carbocycles. The van der Waals surface area contributed by atoms with Crippen molar-refractivity contribution < 1.29 is 19.1 Å². The molecule has 0 aliphatic carbocycles. The molecule has 7 heteroatoms. The molecule has 1 saturated heterocycles. The Labute approximate surface area is 210 Å². The lowest BCUT2D eigenvalue weighted by atomic mass is 10.1. The van der Waals surface area contributed by atoms with Gasteiger partial charge in [-0.3, -0.25) is 14.4 Å². The van der Waals surface area contributed by atoms with E-state index in [-0.39, 0.29) is 23.8 Å². The highest BCUT2D eigenvalue weighted by Crippen LogP contribution is 2.33. The lowest BCUT2D eigenvalue weighted by molar-refractivity contribution is -0.122. The van der Waals surface area contributed by atoms with Crippen LogP contribution in [-0.4, -0.2) is 42.3 Å². The molecule has 2 heterocycles. The molecule has 5 rings (SSSR count). The number of methoxy groups -OCH3 is 1. The summed E-state index contributed by atoms with van der Waals surface area (Å²) in [6, 6.07) is 21.5. The van der Waals surface area contributed by atoms with Gasteiger partial charge >= 0.3 is 0 Å². The van der Waals surface area contributed by atoms with Crippen LogP contribution in [0.2, 0.25) is 0 Å². The average molecular weight is 484 g/mol. The summed E-state index contributed by atoms with van der Waals surface area (Å²) in [5.41, 5.74) is 3.56. The van der Waals surface area contributed by atoms with Crippen LogP contribution in [0.1, 0.15) is 57.7 Å². The first-order chi connectivity index (χ1) is 17.5. The minimum Gasteiger partial charge on any atom is -0.497 e. The predicted octanol–water partition coefficient (Wildman–Crippen LogP) is 4.34. The Bertz CT molecular complexity index is 1300. The summed E-state index contributed by atoms with van der Waals surface area (Å²) >= 11 is 0. The SMILES string of the molecule is COc1cccc([C@H](C)NC(=O)c2ccc(CN3C(=O)[C@H]4CCCN4C(=O)c4ccccc43)cc2)c1. The molecule has 0 radical (unpaired) electrons. The second-order valence-electron chi connectivity index (χ2n) is 9.27. The molecule has 3 aromatic carbocycles. The molecule has 36 heavy (non-hydrogen) atoms. The smallest absolute Gasteiger partial charge is 0.256 e. The number of hydrogen-bond acceptors (Lipinski definition) is 4. The Hall–Kier alpha value is -4.13. The Morgan fingerprint density at radius 1 is 1.06 bits per heavy atom. The summed E-state index contributed by atoms with van der Waals surface area (Å²) in [6.07, 6.45) is 1.51. The van der Waals surface area contributed by atoms with Gasteiger partial charge in [0.2, 0.25) is 5.91 Å². The number of rotatable bonds is 6. The summed E-state index contributed by atoms with van der Waals surface area (Å²) in [7, 11) is 1.61. The molecule has 2 aliphatic heterocycles. The zero-order valence-electron chi connectivity index (χ0n) is 20.4. The Morgan fingerprint density at radius 3 is 2.61 bits per heavy atom. The number of anilines is 1. The second-order valence-corrected chi connectivity index (χ2v) is 9.27. The van der Waals surface area contributed by atoms with Crippen LogP contribution < -0.4 is 15.0 Å². The van der Waals surface area contributed by atoms with E-state index < -0.39 is 6.04 Å². The third-order valence-corrected chi connectivity index (χ3v) is 6.99. The second kappa shape index (κ2) is 9.85. The van der Waals surface area contributed by atoms with Gasteiger partial charge in [0, 0.05) is 12.1 Å². The van der Waals surface area contributed by atoms with Gasteiger partial charge in [-0.1, -0.05) is 36.4 Å². The van der Waals surface area contributed by atoms with E-state index in [0.29, 0.717) is 36.3 Å². The highest BCUT2D eigenvalue weighted by Gasteiger charge is 2.41. The van der Waals surface area contributed by atoms with E-state index in [0.717, 1.165) is 23.3 Å². The molecular formula is C29H29N3O4. The van der Waals surface area contributed by atoms with Crippen LogP contribution in [0.3, 0.4) is 0 Å². The molecule has 7 nitrogen and oxygen atoms in total. The fraction of sp³-hybridized carbons (Fsp3) is 0.276. The van der Waals surface area contributed by atoms with E-state index in [2.05, 4.69) is 5.32 Å². The molecule has 1 fully saturated rings. The summed E-state index contributed by atoms with van der Waals surface area (Å²) < 4.78 is 5.27. The fourth-order valence-electron chi connectivity index (χ4n) is 4.99. The number of nitrogens with zero attached hydrogens (tertiary/aromatic N) is 2. The van der Waals surface area contributed by atoms with Gasteiger partial charge in [0.1, 0.15) is 11.8 Å². The van der Waals surface area contributed by atoms with E-state index in [9.17, 15) is 14.4 Å². The largest absolute Gasteiger partial charge is 0.497 e. The van der Waals surface area contributed by atoms with Gasteiger partial charge in [-0.2, -0.15) is 0 Å². The van der Waals surface area contributed by atoms with Crippen molar-refractivity contribution in [2.24, 2.45) is 0 Å². The fourth-order valence-corrected chi connectivity index (χ4v) is 4.99. The van der Waals surface area contributed by atoms with E-state index >= 15 is 0 Å². The van der Waals surface area contributed by atoms with Crippen LogP contribution in [0.15, 0.2) is 72.8 Å². The lowest BCUT2D eigenvalue weighted by Gasteiger charge is -2.26. The first kappa shape index (κ1) is 23.6. The molecule has 2 atom stereocenters. The third kappa shape index (κ3) is 4.44. The van der Waals surface area contributed by atoms with Gasteiger partial charge in [-0.05, 0) is 67.3 Å². The molecule has 2 aliphatic rings. The monoisotopic (exact) mass is 483 g/mol. The quantitative estimate of drug-likeness (QED) is 0.566. The molecule has 0 bridgehead atoms. The maximum absolute atomic E-state index is 13.5. The number of hydrogen-bond donors (Lipinski definition) is 1. The van der Waals surface area contributed by atoms with Crippen molar-refractivity contribution in [2.45, 2.75) is 38.4 Å².